The van der Waals surface area contributed by atoms with Crippen LogP contribution in [0.3, 0.4) is 0 Å². The molecule has 1 fully saturated rings. The number of ketones is 1. The quantitative estimate of drug-likeness (QED) is 0.430. The minimum atomic E-state index is -5.05. The lowest BCUT2D eigenvalue weighted by atomic mass is 9.60. The SMILES string of the molecule is CC(C)(O)C(O)C(=O)C[C@@H]1CC[C@@]2(Cc3ccc(F)cc3)c3ccc(C(C)(F)C(F)(F)F)cc3CC[C@@H]12. The van der Waals surface area contributed by atoms with E-state index in [1.165, 1.54) is 38.1 Å². The predicted molar refractivity (Wildman–Crippen MR) is 129 cm³/mol. The van der Waals surface area contributed by atoms with Crippen molar-refractivity contribution in [2.24, 2.45) is 11.8 Å². The molecule has 2 unspecified atom stereocenters. The first kappa shape index (κ1) is 27.7. The summed E-state index contributed by atoms with van der Waals surface area (Å²) >= 11 is 0. The summed E-state index contributed by atoms with van der Waals surface area (Å²) in [6.07, 6.45) is -3.69. The lowest BCUT2D eigenvalue weighted by molar-refractivity contribution is -0.228. The third kappa shape index (κ3) is 5.07. The second kappa shape index (κ2) is 9.45. The number of hydrogen-bond donors (Lipinski definition) is 2. The Morgan fingerprint density at radius 1 is 1.05 bits per heavy atom. The first-order valence-corrected chi connectivity index (χ1v) is 12.6. The Morgan fingerprint density at radius 3 is 2.30 bits per heavy atom. The van der Waals surface area contributed by atoms with Gasteiger partial charge in [0.25, 0.3) is 0 Å². The molecule has 4 rings (SSSR count). The molecule has 0 radical (unpaired) electrons. The molecule has 2 N–H and O–H groups in total. The summed E-state index contributed by atoms with van der Waals surface area (Å²) in [5.41, 5.74) is -3.67. The summed E-state index contributed by atoms with van der Waals surface area (Å²) in [6, 6.07) is 10.2. The van der Waals surface area contributed by atoms with Crippen molar-refractivity contribution in [2.75, 3.05) is 0 Å². The van der Waals surface area contributed by atoms with Crippen molar-refractivity contribution in [2.45, 2.75) is 88.3 Å². The number of Topliss-reactive ketones (excluding diaryl/α,β-unsaturated/α-hetero) is 1. The van der Waals surface area contributed by atoms with E-state index in [9.17, 15) is 37.0 Å². The van der Waals surface area contributed by atoms with Crippen molar-refractivity contribution in [3.8, 4) is 0 Å². The minimum absolute atomic E-state index is 0.0202. The fraction of sp³-hybridized carbons (Fsp3) is 0.552. The molecule has 0 aliphatic heterocycles. The Hall–Kier alpha value is -2.32. The van der Waals surface area contributed by atoms with E-state index in [4.69, 9.17) is 0 Å². The number of fused-ring (bicyclic) bond motifs is 3. The van der Waals surface area contributed by atoms with Gasteiger partial charge in [-0.25, -0.2) is 8.78 Å². The van der Waals surface area contributed by atoms with Crippen LogP contribution < -0.4 is 0 Å². The molecule has 0 spiro atoms. The van der Waals surface area contributed by atoms with Crippen molar-refractivity contribution >= 4 is 5.78 Å². The molecule has 2 aromatic carbocycles. The molecule has 0 heterocycles. The monoisotopic (exact) mass is 524 g/mol. The summed E-state index contributed by atoms with van der Waals surface area (Å²) in [5, 5.41) is 20.4. The van der Waals surface area contributed by atoms with Crippen LogP contribution in [-0.2, 0) is 28.7 Å². The van der Waals surface area contributed by atoms with Gasteiger partial charge in [-0.3, -0.25) is 4.79 Å². The van der Waals surface area contributed by atoms with Gasteiger partial charge in [0, 0.05) is 11.8 Å². The van der Waals surface area contributed by atoms with Gasteiger partial charge in [0.1, 0.15) is 11.9 Å². The Balaban J connectivity index is 1.73. The standard InChI is InChI=1S/C29H33F5O3/c1-26(2,37)25(36)24(35)15-19-12-13-28(16-17-4-8-21(30)9-5-17)22(19)10-6-18-14-20(7-11-23(18)28)27(3,31)29(32,33)34/h4-5,7-9,11,14,19,22,25,36-37H,6,10,12-13,15-16H2,1-3H3/t19-,22-,25?,27?,28-/m0/s1. The molecule has 2 aliphatic rings. The van der Waals surface area contributed by atoms with Crippen LogP contribution >= 0.6 is 0 Å². The normalized spacial score (nSPS) is 26.2. The van der Waals surface area contributed by atoms with Crippen molar-refractivity contribution in [3.63, 3.8) is 0 Å². The zero-order valence-electron chi connectivity index (χ0n) is 21.2. The largest absolute Gasteiger partial charge is 0.426 e. The van der Waals surface area contributed by atoms with Gasteiger partial charge in [-0.05, 0) is 99.1 Å². The highest BCUT2D eigenvalue weighted by Crippen LogP contribution is 2.57. The van der Waals surface area contributed by atoms with Crippen LogP contribution in [0, 0.1) is 17.7 Å². The van der Waals surface area contributed by atoms with Crippen LogP contribution in [-0.4, -0.2) is 33.9 Å². The Kier molecular flexibility index (Phi) is 7.08. The maximum absolute atomic E-state index is 14.8. The molecule has 2 aromatic rings. The highest BCUT2D eigenvalue weighted by atomic mass is 19.4. The van der Waals surface area contributed by atoms with Crippen molar-refractivity contribution in [1.82, 2.24) is 0 Å². The van der Waals surface area contributed by atoms with E-state index in [-0.39, 0.29) is 24.1 Å². The smallest absolute Gasteiger partial charge is 0.387 e. The van der Waals surface area contributed by atoms with Crippen molar-refractivity contribution in [3.05, 3.63) is 70.5 Å². The molecule has 37 heavy (non-hydrogen) atoms. The van der Waals surface area contributed by atoms with Crippen molar-refractivity contribution in [1.29, 1.82) is 0 Å². The van der Waals surface area contributed by atoms with Crippen LogP contribution in [0.5, 0.6) is 0 Å². The molecule has 1 saturated carbocycles. The fourth-order valence-electron chi connectivity index (χ4n) is 6.47. The molecule has 0 bridgehead atoms. The number of aliphatic hydroxyl groups is 2. The maximum Gasteiger partial charge on any atom is 0.426 e. The number of rotatable bonds is 7. The van der Waals surface area contributed by atoms with Gasteiger partial charge in [-0.2, -0.15) is 13.2 Å². The molecule has 3 nitrogen and oxygen atoms in total. The molecule has 0 aromatic heterocycles. The van der Waals surface area contributed by atoms with Gasteiger partial charge >= 0.3 is 6.18 Å². The van der Waals surface area contributed by atoms with Crippen LogP contribution in [0.25, 0.3) is 0 Å². The number of halogens is 5. The number of benzene rings is 2. The van der Waals surface area contributed by atoms with Gasteiger partial charge in [0.15, 0.2) is 5.78 Å². The lowest BCUT2D eigenvalue weighted by Crippen LogP contribution is -2.44. The zero-order valence-corrected chi connectivity index (χ0v) is 21.2. The predicted octanol–water partition coefficient (Wildman–Crippen LogP) is 6.12. The van der Waals surface area contributed by atoms with Gasteiger partial charge in [0.05, 0.1) is 5.60 Å². The summed E-state index contributed by atoms with van der Waals surface area (Å²) in [6.45, 7) is 3.27. The van der Waals surface area contributed by atoms with E-state index >= 15 is 0 Å². The molecular formula is C29H33F5O3. The van der Waals surface area contributed by atoms with E-state index in [0.29, 0.717) is 44.6 Å². The third-order valence-corrected chi connectivity index (χ3v) is 8.55. The summed E-state index contributed by atoms with van der Waals surface area (Å²) in [5.74, 6) is -0.946. The number of carbonyl (C=O) groups is 1. The summed E-state index contributed by atoms with van der Waals surface area (Å²) in [4.78, 5) is 12.8. The maximum atomic E-state index is 14.8. The fourth-order valence-corrected chi connectivity index (χ4v) is 6.47. The summed E-state index contributed by atoms with van der Waals surface area (Å²) in [7, 11) is 0. The second-order valence-electron chi connectivity index (χ2n) is 11.5. The third-order valence-electron chi connectivity index (χ3n) is 8.55. The van der Waals surface area contributed by atoms with Gasteiger partial charge in [-0.1, -0.05) is 30.3 Å². The van der Waals surface area contributed by atoms with Gasteiger partial charge in [0.2, 0.25) is 5.67 Å². The van der Waals surface area contributed by atoms with Crippen LogP contribution in [0.15, 0.2) is 42.5 Å². The average molecular weight is 525 g/mol. The number of aliphatic hydroxyl groups excluding tert-OH is 1. The molecule has 2 aliphatic carbocycles. The van der Waals surface area contributed by atoms with E-state index in [1.807, 2.05) is 0 Å². The Bertz CT molecular complexity index is 1150. The van der Waals surface area contributed by atoms with Crippen LogP contribution in [0.2, 0.25) is 0 Å². The van der Waals surface area contributed by atoms with Gasteiger partial charge in [-0.15, -0.1) is 0 Å². The molecular weight excluding hydrogens is 491 g/mol. The first-order valence-electron chi connectivity index (χ1n) is 12.6. The Labute approximate surface area is 213 Å². The van der Waals surface area contributed by atoms with Crippen molar-refractivity contribution < 1.29 is 37.0 Å². The number of hydrogen-bond acceptors (Lipinski definition) is 3. The van der Waals surface area contributed by atoms with E-state index in [2.05, 4.69) is 0 Å². The molecule has 0 saturated heterocycles. The molecule has 8 heteroatoms. The zero-order chi connectivity index (χ0) is 27.4. The van der Waals surface area contributed by atoms with E-state index in [0.717, 1.165) is 11.1 Å². The van der Waals surface area contributed by atoms with Crippen LogP contribution in [0.1, 0.15) is 68.7 Å². The highest BCUT2D eigenvalue weighted by Gasteiger charge is 2.55. The number of alkyl halides is 4. The first-order chi connectivity index (χ1) is 17.1. The Morgan fingerprint density at radius 2 is 1.70 bits per heavy atom. The molecule has 5 atom stereocenters. The van der Waals surface area contributed by atoms with E-state index in [1.54, 1.807) is 18.2 Å². The molecule has 0 amide bonds. The highest BCUT2D eigenvalue weighted by molar-refractivity contribution is 5.84. The lowest BCUT2D eigenvalue weighted by Gasteiger charge is -2.44. The van der Waals surface area contributed by atoms with Crippen LogP contribution in [0.4, 0.5) is 22.0 Å². The average Bonchev–Trinajstić information content (AvgIpc) is 3.16. The number of aryl methyl sites for hydroxylation is 1. The number of carbonyl (C=O) groups excluding carboxylic acids is 1. The van der Waals surface area contributed by atoms with E-state index < -0.39 is 40.3 Å². The minimum Gasteiger partial charge on any atom is -0.387 e. The second-order valence-corrected chi connectivity index (χ2v) is 11.5. The van der Waals surface area contributed by atoms with Gasteiger partial charge < -0.3 is 10.2 Å². The molecule has 202 valence electrons. The topological polar surface area (TPSA) is 57.5 Å². The summed E-state index contributed by atoms with van der Waals surface area (Å²) < 4.78 is 68.6.